The second kappa shape index (κ2) is 5.72. The van der Waals surface area contributed by atoms with E-state index >= 15 is 0 Å². The SMILES string of the molecule is CCOC(=O)c1cnn(-c2ccnc(Cl)c2)c1C(F)(F)F. The zero-order valence-electron chi connectivity index (χ0n) is 10.7. The number of nitrogens with zero attached hydrogens (tertiary/aromatic N) is 3. The van der Waals surface area contributed by atoms with Crippen molar-refractivity contribution in [2.75, 3.05) is 6.61 Å². The molecule has 0 aromatic carbocycles. The van der Waals surface area contributed by atoms with E-state index in [9.17, 15) is 18.0 Å². The third-order valence-corrected chi connectivity index (χ3v) is 2.69. The van der Waals surface area contributed by atoms with Crippen LogP contribution in [0.5, 0.6) is 0 Å². The molecule has 0 aliphatic rings. The molecule has 0 fully saturated rings. The highest BCUT2D eigenvalue weighted by Gasteiger charge is 2.41. The van der Waals surface area contributed by atoms with Gasteiger partial charge in [-0.1, -0.05) is 11.6 Å². The van der Waals surface area contributed by atoms with Crippen LogP contribution in [0.3, 0.4) is 0 Å². The number of esters is 1. The number of ether oxygens (including phenoxy) is 1. The van der Waals surface area contributed by atoms with Crippen molar-refractivity contribution in [2.24, 2.45) is 0 Å². The molecule has 2 heterocycles. The molecular weight excluding hydrogens is 311 g/mol. The largest absolute Gasteiger partial charge is 0.462 e. The van der Waals surface area contributed by atoms with Gasteiger partial charge in [-0.2, -0.15) is 18.3 Å². The predicted molar refractivity (Wildman–Crippen MR) is 67.3 cm³/mol. The van der Waals surface area contributed by atoms with E-state index in [0.29, 0.717) is 4.68 Å². The molecule has 2 aromatic heterocycles. The van der Waals surface area contributed by atoms with Crippen molar-refractivity contribution in [3.63, 3.8) is 0 Å². The molecule has 0 aliphatic heterocycles. The maximum atomic E-state index is 13.2. The molecule has 0 spiro atoms. The number of rotatable bonds is 3. The number of carbonyl (C=O) groups excluding carboxylic acids is 1. The number of pyridine rings is 1. The first-order chi connectivity index (χ1) is 9.84. The van der Waals surface area contributed by atoms with E-state index in [1.807, 2.05) is 0 Å². The summed E-state index contributed by atoms with van der Waals surface area (Å²) >= 11 is 5.66. The Hall–Kier alpha value is -2.09. The van der Waals surface area contributed by atoms with Crippen LogP contribution in [-0.2, 0) is 10.9 Å². The van der Waals surface area contributed by atoms with Gasteiger partial charge in [0, 0.05) is 12.3 Å². The maximum Gasteiger partial charge on any atom is 0.434 e. The Morgan fingerprint density at radius 3 is 2.76 bits per heavy atom. The second-order valence-corrected chi connectivity index (χ2v) is 4.26. The normalized spacial score (nSPS) is 11.5. The monoisotopic (exact) mass is 319 g/mol. The predicted octanol–water partition coefficient (Wildman–Crippen LogP) is 3.12. The standard InChI is InChI=1S/C12H9ClF3N3O2/c1-2-21-11(20)8-6-18-19(10(8)12(14,15)16)7-3-4-17-9(13)5-7/h3-6H,2H2,1H3. The first kappa shape index (κ1) is 15.3. The highest BCUT2D eigenvalue weighted by Crippen LogP contribution is 2.34. The molecule has 0 amide bonds. The minimum absolute atomic E-state index is 0.00816. The Morgan fingerprint density at radius 1 is 1.48 bits per heavy atom. The zero-order valence-corrected chi connectivity index (χ0v) is 11.4. The molecule has 0 saturated heterocycles. The fraction of sp³-hybridized carbons (Fsp3) is 0.250. The van der Waals surface area contributed by atoms with E-state index in [1.165, 1.54) is 25.3 Å². The molecular formula is C12H9ClF3N3O2. The van der Waals surface area contributed by atoms with Crippen LogP contribution in [0.25, 0.3) is 5.69 Å². The Kier molecular flexibility index (Phi) is 4.17. The van der Waals surface area contributed by atoms with Crippen molar-refractivity contribution in [2.45, 2.75) is 13.1 Å². The minimum Gasteiger partial charge on any atom is -0.462 e. The van der Waals surface area contributed by atoms with Crippen molar-refractivity contribution >= 4 is 17.6 Å². The lowest BCUT2D eigenvalue weighted by molar-refractivity contribution is -0.143. The van der Waals surface area contributed by atoms with Crippen LogP contribution >= 0.6 is 11.6 Å². The van der Waals surface area contributed by atoms with Crippen molar-refractivity contribution in [3.05, 3.63) is 40.9 Å². The number of aromatic nitrogens is 3. The number of carbonyl (C=O) groups is 1. The molecule has 2 aromatic rings. The second-order valence-electron chi connectivity index (χ2n) is 3.87. The van der Waals surface area contributed by atoms with E-state index in [2.05, 4.69) is 14.8 Å². The first-order valence-electron chi connectivity index (χ1n) is 5.79. The van der Waals surface area contributed by atoms with Crippen LogP contribution in [0.4, 0.5) is 13.2 Å². The summed E-state index contributed by atoms with van der Waals surface area (Å²) in [6, 6.07) is 2.50. The van der Waals surface area contributed by atoms with E-state index in [0.717, 1.165) is 6.20 Å². The van der Waals surface area contributed by atoms with Gasteiger partial charge >= 0.3 is 12.1 Å². The van der Waals surface area contributed by atoms with Crippen molar-refractivity contribution in [3.8, 4) is 5.69 Å². The van der Waals surface area contributed by atoms with Gasteiger partial charge in [0.05, 0.1) is 18.5 Å². The third kappa shape index (κ3) is 3.15. The van der Waals surface area contributed by atoms with Gasteiger partial charge in [-0.05, 0) is 13.0 Å². The lowest BCUT2D eigenvalue weighted by atomic mass is 10.2. The van der Waals surface area contributed by atoms with Gasteiger partial charge in [-0.15, -0.1) is 0 Å². The highest BCUT2D eigenvalue weighted by molar-refractivity contribution is 6.29. The molecule has 0 N–H and O–H groups in total. The van der Waals surface area contributed by atoms with Gasteiger partial charge in [0.1, 0.15) is 10.7 Å². The van der Waals surface area contributed by atoms with Gasteiger partial charge in [0.15, 0.2) is 5.69 Å². The summed E-state index contributed by atoms with van der Waals surface area (Å²) in [6.45, 7) is 1.46. The van der Waals surface area contributed by atoms with Crippen LogP contribution in [-0.4, -0.2) is 27.3 Å². The minimum atomic E-state index is -4.78. The quantitative estimate of drug-likeness (QED) is 0.644. The molecule has 0 radical (unpaired) electrons. The Morgan fingerprint density at radius 2 is 2.19 bits per heavy atom. The smallest absolute Gasteiger partial charge is 0.434 e. The number of hydrogen-bond acceptors (Lipinski definition) is 4. The Balaban J connectivity index is 2.60. The van der Waals surface area contributed by atoms with E-state index < -0.39 is 23.4 Å². The van der Waals surface area contributed by atoms with Crippen LogP contribution in [0.15, 0.2) is 24.5 Å². The van der Waals surface area contributed by atoms with Crippen molar-refractivity contribution in [1.29, 1.82) is 0 Å². The van der Waals surface area contributed by atoms with Crippen molar-refractivity contribution in [1.82, 2.24) is 14.8 Å². The molecule has 21 heavy (non-hydrogen) atoms. The number of hydrogen-bond donors (Lipinski definition) is 0. The van der Waals surface area contributed by atoms with Crippen LogP contribution in [0.2, 0.25) is 5.15 Å². The van der Waals surface area contributed by atoms with Crippen molar-refractivity contribution < 1.29 is 22.7 Å². The summed E-state index contributed by atoms with van der Waals surface area (Å²) in [5.74, 6) is -1.09. The molecule has 2 rings (SSSR count). The fourth-order valence-electron chi connectivity index (χ4n) is 1.70. The number of alkyl halides is 3. The van der Waals surface area contributed by atoms with Crippen LogP contribution < -0.4 is 0 Å². The third-order valence-electron chi connectivity index (χ3n) is 2.49. The molecule has 112 valence electrons. The summed E-state index contributed by atoms with van der Waals surface area (Å²) in [5.41, 5.74) is -1.83. The molecule has 0 bridgehead atoms. The maximum absolute atomic E-state index is 13.2. The van der Waals surface area contributed by atoms with Gasteiger partial charge in [-0.25, -0.2) is 14.5 Å². The Bertz CT molecular complexity index is 670. The first-order valence-corrected chi connectivity index (χ1v) is 6.16. The molecule has 0 aliphatic carbocycles. The van der Waals surface area contributed by atoms with Gasteiger partial charge in [0.25, 0.3) is 0 Å². The summed E-state index contributed by atoms with van der Waals surface area (Å²) < 4.78 is 44.8. The molecule has 0 atom stereocenters. The van der Waals surface area contributed by atoms with E-state index in [-0.39, 0.29) is 17.4 Å². The molecule has 5 nitrogen and oxygen atoms in total. The van der Waals surface area contributed by atoms with E-state index in [1.54, 1.807) is 0 Å². The highest BCUT2D eigenvalue weighted by atomic mass is 35.5. The lowest BCUT2D eigenvalue weighted by Gasteiger charge is -2.12. The Labute approximate surface area is 122 Å². The van der Waals surface area contributed by atoms with Crippen LogP contribution in [0, 0.1) is 0 Å². The zero-order chi connectivity index (χ0) is 15.6. The molecule has 0 unspecified atom stereocenters. The fourth-order valence-corrected chi connectivity index (χ4v) is 1.87. The summed E-state index contributed by atoms with van der Waals surface area (Å²) in [4.78, 5) is 15.3. The topological polar surface area (TPSA) is 57.0 Å². The summed E-state index contributed by atoms with van der Waals surface area (Å²) in [6.07, 6.45) is -2.73. The van der Waals surface area contributed by atoms with Gasteiger partial charge in [-0.3, -0.25) is 0 Å². The van der Waals surface area contributed by atoms with E-state index in [4.69, 9.17) is 11.6 Å². The average molecular weight is 320 g/mol. The number of halogens is 4. The lowest BCUT2D eigenvalue weighted by Crippen LogP contribution is -2.18. The van der Waals surface area contributed by atoms with Gasteiger partial charge < -0.3 is 4.74 Å². The van der Waals surface area contributed by atoms with Gasteiger partial charge in [0.2, 0.25) is 0 Å². The summed E-state index contributed by atoms with van der Waals surface area (Å²) in [5, 5.41) is 3.61. The van der Waals surface area contributed by atoms with Crippen LogP contribution in [0.1, 0.15) is 23.0 Å². The summed E-state index contributed by atoms with van der Waals surface area (Å²) in [7, 11) is 0. The molecule has 9 heteroatoms. The average Bonchev–Trinajstić information content (AvgIpc) is 2.83. The molecule has 0 saturated carbocycles.